The lowest BCUT2D eigenvalue weighted by Gasteiger charge is -2.05. The Morgan fingerprint density at radius 3 is 1.47 bits per heavy atom. The van der Waals surface area contributed by atoms with Crippen LogP contribution in [0.25, 0.3) is 0 Å². The van der Waals surface area contributed by atoms with Crippen molar-refractivity contribution in [3.8, 4) is 0 Å². The highest BCUT2D eigenvalue weighted by molar-refractivity contribution is 7.86. The molecule has 0 bridgehead atoms. The predicted octanol–water partition coefficient (Wildman–Crippen LogP) is 7.55. The van der Waals surface area contributed by atoms with Gasteiger partial charge in [-0.15, -0.1) is 0 Å². The van der Waals surface area contributed by atoms with Gasteiger partial charge in [-0.05, 0) is 25.0 Å². The van der Waals surface area contributed by atoms with Crippen LogP contribution in [0.2, 0.25) is 0 Å². The van der Waals surface area contributed by atoms with Crippen molar-refractivity contribution in [1.82, 2.24) is 0 Å². The molecule has 0 saturated carbocycles. The highest BCUT2D eigenvalue weighted by atomic mass is 32.2. The molecule has 0 radical (unpaired) electrons. The van der Waals surface area contributed by atoms with Gasteiger partial charge in [-0.1, -0.05) is 122 Å². The van der Waals surface area contributed by atoms with Crippen molar-refractivity contribution < 1.29 is 25.6 Å². The zero-order chi connectivity index (χ0) is 25.5. The van der Waals surface area contributed by atoms with Crippen LogP contribution in [0.15, 0.2) is 35.2 Å². The van der Waals surface area contributed by atoms with Gasteiger partial charge in [0.05, 0.1) is 17.3 Å². The van der Waals surface area contributed by atoms with E-state index in [1.165, 1.54) is 70.6 Å². The molecule has 8 heteroatoms. The minimum Gasteiger partial charge on any atom is -0.286 e. The number of rotatable bonds is 20. The smallest absolute Gasteiger partial charge is 0.286 e. The van der Waals surface area contributed by atoms with Crippen LogP contribution in [-0.4, -0.2) is 33.7 Å². The third-order valence-electron chi connectivity index (χ3n) is 5.52. The molecule has 0 aromatic heterocycles. The molecule has 0 unspecified atom stereocenters. The normalized spacial score (nSPS) is 11.7. The van der Waals surface area contributed by atoms with Crippen molar-refractivity contribution in [2.75, 3.05) is 12.4 Å². The van der Waals surface area contributed by atoms with Crippen molar-refractivity contribution >= 4 is 20.2 Å². The Morgan fingerprint density at radius 1 is 0.618 bits per heavy atom. The summed E-state index contributed by atoms with van der Waals surface area (Å²) < 4.78 is 57.7. The van der Waals surface area contributed by atoms with Crippen molar-refractivity contribution in [2.45, 2.75) is 121 Å². The fourth-order valence-corrected chi connectivity index (χ4v) is 5.01. The Hall–Kier alpha value is -0.960. The van der Waals surface area contributed by atoms with Gasteiger partial charge in [-0.2, -0.15) is 16.8 Å². The Bertz CT molecular complexity index is 777. The molecule has 0 fully saturated rings. The summed E-state index contributed by atoms with van der Waals surface area (Å²) in [5, 5.41) is 0. The second-order valence-electron chi connectivity index (χ2n) is 8.82. The topological polar surface area (TPSA) is 97.7 Å². The van der Waals surface area contributed by atoms with Crippen LogP contribution in [0.3, 0.4) is 0 Å². The predicted molar refractivity (Wildman–Crippen MR) is 141 cm³/mol. The van der Waals surface area contributed by atoms with E-state index < -0.39 is 20.2 Å². The van der Waals surface area contributed by atoms with Gasteiger partial charge in [0.1, 0.15) is 0 Å². The third-order valence-corrected chi connectivity index (χ3v) is 7.66. The Kier molecular flexibility index (Phi) is 20.7. The summed E-state index contributed by atoms with van der Waals surface area (Å²) in [5.41, 5.74) is 0. The van der Waals surface area contributed by atoms with E-state index >= 15 is 0 Å². The van der Waals surface area contributed by atoms with Gasteiger partial charge in [0.15, 0.2) is 0 Å². The first-order valence-electron chi connectivity index (χ1n) is 13.1. The van der Waals surface area contributed by atoms with E-state index in [0.717, 1.165) is 25.7 Å². The van der Waals surface area contributed by atoms with Crippen LogP contribution in [0.5, 0.6) is 0 Å². The average molecular weight is 521 g/mol. The molecule has 1 N–H and O–H groups in total. The second-order valence-corrected chi connectivity index (χ2v) is 12.0. The first kappa shape index (κ1) is 33.0. The lowest BCUT2D eigenvalue weighted by Crippen LogP contribution is -2.07. The van der Waals surface area contributed by atoms with E-state index in [0.29, 0.717) is 6.42 Å². The second kappa shape index (κ2) is 21.3. The highest BCUT2D eigenvalue weighted by Gasteiger charge is 2.13. The zero-order valence-electron chi connectivity index (χ0n) is 21.4. The van der Waals surface area contributed by atoms with Gasteiger partial charge in [0, 0.05) is 0 Å². The maximum atomic E-state index is 11.9. The van der Waals surface area contributed by atoms with Crippen LogP contribution in [-0.2, 0) is 24.4 Å². The van der Waals surface area contributed by atoms with Crippen molar-refractivity contribution in [3.05, 3.63) is 30.3 Å². The molecule has 200 valence electrons. The minimum atomic E-state index is -3.72. The Morgan fingerprint density at radius 2 is 1.03 bits per heavy atom. The number of hydrogen-bond donors (Lipinski definition) is 1. The van der Waals surface area contributed by atoms with Gasteiger partial charge >= 0.3 is 0 Å². The molecule has 0 saturated heterocycles. The summed E-state index contributed by atoms with van der Waals surface area (Å²) in [5.74, 6) is -0.0842. The van der Waals surface area contributed by atoms with Crippen molar-refractivity contribution in [1.29, 1.82) is 0 Å². The quantitative estimate of drug-likeness (QED) is 0.108. The van der Waals surface area contributed by atoms with E-state index in [-0.39, 0.29) is 17.3 Å². The van der Waals surface area contributed by atoms with Gasteiger partial charge in [0.2, 0.25) is 0 Å². The molecule has 0 aliphatic heterocycles. The molecule has 0 heterocycles. The minimum absolute atomic E-state index is 0.0842. The van der Waals surface area contributed by atoms with E-state index in [4.69, 9.17) is 8.74 Å². The van der Waals surface area contributed by atoms with Crippen molar-refractivity contribution in [2.24, 2.45) is 0 Å². The molecule has 6 nitrogen and oxygen atoms in total. The van der Waals surface area contributed by atoms with Crippen LogP contribution < -0.4 is 0 Å². The zero-order valence-corrected chi connectivity index (χ0v) is 23.1. The molecule has 0 amide bonds. The maximum Gasteiger partial charge on any atom is 0.296 e. The molecular formula is C26H48O6S2. The van der Waals surface area contributed by atoms with E-state index in [2.05, 4.69) is 13.8 Å². The molecule has 1 rings (SSSR count). The molecule has 0 aliphatic carbocycles. The van der Waals surface area contributed by atoms with E-state index in [9.17, 15) is 16.8 Å². The van der Waals surface area contributed by atoms with Crippen molar-refractivity contribution in [3.63, 3.8) is 0 Å². The lowest BCUT2D eigenvalue weighted by molar-refractivity contribution is 0.306. The number of unbranched alkanes of at least 4 members (excludes halogenated alkanes) is 14. The number of hydrogen-bond acceptors (Lipinski definition) is 5. The maximum absolute atomic E-state index is 11.9. The summed E-state index contributed by atoms with van der Waals surface area (Å²) in [6, 6.07) is 8.33. The standard InChI is InChI=1S/C18H30O3S.C8H18O3S/c1-2-3-4-5-6-7-8-9-10-14-17-21-22(19,20)18-15-12-11-13-16-18;1-2-3-4-5-6-7-8-12(9,10)11/h11-13,15-16H,2-10,14,17H2,1H3;2-8H2,1H3,(H,9,10,11). The van der Waals surface area contributed by atoms with Gasteiger partial charge in [-0.25, -0.2) is 0 Å². The van der Waals surface area contributed by atoms with E-state index in [1.807, 2.05) is 0 Å². The fourth-order valence-electron chi connectivity index (χ4n) is 3.48. The SMILES string of the molecule is CCCCCCCCCCCCOS(=O)(=O)c1ccccc1.CCCCCCCCS(=O)(=O)O. The van der Waals surface area contributed by atoms with E-state index in [1.54, 1.807) is 30.3 Å². The monoisotopic (exact) mass is 520 g/mol. The molecule has 0 atom stereocenters. The van der Waals surface area contributed by atoms with Crippen LogP contribution >= 0.6 is 0 Å². The molecule has 1 aromatic rings. The van der Waals surface area contributed by atoms with Gasteiger partial charge in [0.25, 0.3) is 20.2 Å². The van der Waals surface area contributed by atoms with Crippen LogP contribution in [0, 0.1) is 0 Å². The number of benzene rings is 1. The van der Waals surface area contributed by atoms with Gasteiger partial charge in [-0.3, -0.25) is 8.74 Å². The fraction of sp³-hybridized carbons (Fsp3) is 0.769. The van der Waals surface area contributed by atoms with Crippen LogP contribution in [0.4, 0.5) is 0 Å². The summed E-state index contributed by atoms with van der Waals surface area (Å²) in [6.45, 7) is 4.66. The lowest BCUT2D eigenvalue weighted by atomic mass is 10.1. The molecule has 0 spiro atoms. The largest absolute Gasteiger partial charge is 0.296 e. The first-order chi connectivity index (χ1) is 16.2. The molecule has 34 heavy (non-hydrogen) atoms. The molecule has 0 aliphatic rings. The summed E-state index contributed by atoms with van der Waals surface area (Å²) in [6.07, 6.45) is 18.4. The van der Waals surface area contributed by atoms with Crippen LogP contribution in [0.1, 0.15) is 117 Å². The average Bonchev–Trinajstić information content (AvgIpc) is 2.80. The highest BCUT2D eigenvalue weighted by Crippen LogP contribution is 2.14. The Balaban J connectivity index is 0.000000770. The Labute approximate surface area is 209 Å². The third kappa shape index (κ3) is 21.6. The summed E-state index contributed by atoms with van der Waals surface area (Å²) >= 11 is 0. The van der Waals surface area contributed by atoms with Gasteiger partial charge < -0.3 is 0 Å². The molecular weight excluding hydrogens is 472 g/mol. The molecule has 1 aromatic carbocycles. The summed E-state index contributed by atoms with van der Waals surface area (Å²) in [7, 11) is -7.29. The summed E-state index contributed by atoms with van der Waals surface area (Å²) in [4.78, 5) is 0.238. The first-order valence-corrected chi connectivity index (χ1v) is 16.1.